The lowest BCUT2D eigenvalue weighted by Crippen LogP contribution is -2.35. The van der Waals surface area contributed by atoms with Gasteiger partial charge in [-0.25, -0.2) is 0 Å². The first-order chi connectivity index (χ1) is 8.01. The maximum atomic E-state index is 12.2. The first-order valence-corrected chi connectivity index (χ1v) is 6.94. The number of hydrogen-bond donors (Lipinski definition) is 2. The van der Waals surface area contributed by atoms with Gasteiger partial charge in [0.1, 0.15) is 0 Å². The van der Waals surface area contributed by atoms with Gasteiger partial charge in [0.15, 0.2) is 0 Å². The largest absolute Gasteiger partial charge is 0.325 e. The number of nitrogens with one attached hydrogen (secondary N) is 2. The molecular weight excluding hydrogens is 351 g/mol. The lowest BCUT2D eigenvalue weighted by molar-refractivity contribution is -0.123. The normalized spacial score (nSPS) is 23.7. The van der Waals surface area contributed by atoms with Crippen molar-refractivity contribution in [2.45, 2.75) is 13.3 Å². The highest BCUT2D eigenvalue weighted by molar-refractivity contribution is 14.1. The van der Waals surface area contributed by atoms with E-state index in [4.69, 9.17) is 11.6 Å². The van der Waals surface area contributed by atoms with Gasteiger partial charge in [0.25, 0.3) is 0 Å². The molecule has 5 heteroatoms. The summed E-state index contributed by atoms with van der Waals surface area (Å²) in [5.74, 6) is 0.0720. The molecule has 1 atom stereocenters. The Hall–Kier alpha value is -0.330. The van der Waals surface area contributed by atoms with Gasteiger partial charge >= 0.3 is 0 Å². The Morgan fingerprint density at radius 1 is 1.59 bits per heavy atom. The van der Waals surface area contributed by atoms with Crippen LogP contribution in [0.1, 0.15) is 13.3 Å². The zero-order chi connectivity index (χ0) is 12.5. The Morgan fingerprint density at radius 3 is 2.94 bits per heavy atom. The molecule has 1 heterocycles. The summed E-state index contributed by atoms with van der Waals surface area (Å²) < 4.78 is 0.956. The third kappa shape index (κ3) is 2.92. The van der Waals surface area contributed by atoms with Crippen molar-refractivity contribution < 1.29 is 4.79 Å². The molecule has 2 rings (SSSR count). The molecular formula is C12H14ClIN2O. The molecule has 0 bridgehead atoms. The van der Waals surface area contributed by atoms with E-state index >= 15 is 0 Å². The van der Waals surface area contributed by atoms with Crippen molar-refractivity contribution in [2.75, 3.05) is 18.4 Å². The average molecular weight is 365 g/mol. The molecule has 2 N–H and O–H groups in total. The standard InChI is InChI=1S/C12H14ClIN2O/c1-12(4-5-15-7-12)11(17)16-10-3-2-8(13)6-9(10)14/h2-3,6,15H,4-5,7H2,1H3,(H,16,17). The van der Waals surface area contributed by atoms with Crippen LogP contribution in [-0.2, 0) is 4.79 Å². The van der Waals surface area contributed by atoms with Gasteiger partial charge in [-0.15, -0.1) is 0 Å². The van der Waals surface area contributed by atoms with Crippen LogP contribution in [0.4, 0.5) is 5.69 Å². The van der Waals surface area contributed by atoms with Crippen molar-refractivity contribution in [2.24, 2.45) is 5.41 Å². The van der Waals surface area contributed by atoms with Crippen LogP contribution in [0.5, 0.6) is 0 Å². The predicted octanol–water partition coefficient (Wildman–Crippen LogP) is 2.88. The van der Waals surface area contributed by atoms with Gasteiger partial charge in [-0.3, -0.25) is 4.79 Å². The summed E-state index contributed by atoms with van der Waals surface area (Å²) in [6.45, 7) is 3.63. The summed E-state index contributed by atoms with van der Waals surface area (Å²) in [5.41, 5.74) is 0.524. The predicted molar refractivity (Wildman–Crippen MR) is 78.4 cm³/mol. The number of benzene rings is 1. The first kappa shape index (κ1) is 13.1. The van der Waals surface area contributed by atoms with Gasteiger partial charge in [0.05, 0.1) is 11.1 Å². The van der Waals surface area contributed by atoms with Gasteiger partial charge in [-0.05, 0) is 60.7 Å². The quantitative estimate of drug-likeness (QED) is 0.792. The molecule has 1 aromatic carbocycles. The zero-order valence-corrected chi connectivity index (χ0v) is 12.4. The molecule has 1 aromatic rings. The van der Waals surface area contributed by atoms with Crippen molar-refractivity contribution >= 4 is 45.8 Å². The van der Waals surface area contributed by atoms with E-state index in [-0.39, 0.29) is 11.3 Å². The first-order valence-electron chi connectivity index (χ1n) is 5.48. The molecule has 1 amide bonds. The number of halogens is 2. The van der Waals surface area contributed by atoms with Crippen molar-refractivity contribution in [1.29, 1.82) is 0 Å². The molecule has 1 aliphatic heterocycles. The minimum absolute atomic E-state index is 0.0720. The van der Waals surface area contributed by atoms with E-state index in [1.807, 2.05) is 19.1 Å². The van der Waals surface area contributed by atoms with Crippen LogP contribution in [0.2, 0.25) is 5.02 Å². The second-order valence-corrected chi connectivity index (χ2v) is 6.16. The SMILES string of the molecule is CC1(C(=O)Nc2ccc(Cl)cc2I)CCNC1. The monoisotopic (exact) mass is 364 g/mol. The molecule has 1 fully saturated rings. The molecule has 0 aliphatic carbocycles. The van der Waals surface area contributed by atoms with E-state index in [9.17, 15) is 4.79 Å². The van der Waals surface area contributed by atoms with Crippen molar-refractivity contribution in [1.82, 2.24) is 5.32 Å². The Labute approximate surface area is 119 Å². The highest BCUT2D eigenvalue weighted by Crippen LogP contribution is 2.28. The molecule has 0 spiro atoms. The molecule has 0 aromatic heterocycles. The Kier molecular flexibility index (Phi) is 3.95. The minimum atomic E-state index is -0.303. The number of carbonyl (C=O) groups excluding carboxylic acids is 1. The number of rotatable bonds is 2. The molecule has 92 valence electrons. The minimum Gasteiger partial charge on any atom is -0.325 e. The second kappa shape index (κ2) is 5.12. The van der Waals surface area contributed by atoms with Gasteiger partial charge < -0.3 is 10.6 Å². The maximum absolute atomic E-state index is 12.2. The summed E-state index contributed by atoms with van der Waals surface area (Å²) in [7, 11) is 0. The summed E-state index contributed by atoms with van der Waals surface area (Å²) in [6, 6.07) is 5.47. The van der Waals surface area contributed by atoms with Crippen LogP contribution in [0, 0.1) is 8.99 Å². The van der Waals surface area contributed by atoms with Crippen LogP contribution in [-0.4, -0.2) is 19.0 Å². The molecule has 17 heavy (non-hydrogen) atoms. The van der Waals surface area contributed by atoms with Crippen LogP contribution >= 0.6 is 34.2 Å². The van der Waals surface area contributed by atoms with Gasteiger partial charge in [-0.2, -0.15) is 0 Å². The summed E-state index contributed by atoms with van der Waals surface area (Å²) in [4.78, 5) is 12.2. The smallest absolute Gasteiger partial charge is 0.231 e. The lowest BCUT2D eigenvalue weighted by atomic mass is 9.89. The average Bonchev–Trinajstić information content (AvgIpc) is 2.71. The van der Waals surface area contributed by atoms with Crippen LogP contribution < -0.4 is 10.6 Å². The molecule has 3 nitrogen and oxygen atoms in total. The Morgan fingerprint density at radius 2 is 2.35 bits per heavy atom. The molecule has 1 unspecified atom stereocenters. The number of hydrogen-bond acceptors (Lipinski definition) is 2. The van der Waals surface area contributed by atoms with Gasteiger partial charge in [-0.1, -0.05) is 11.6 Å². The van der Waals surface area contributed by atoms with Crippen LogP contribution in [0.3, 0.4) is 0 Å². The topological polar surface area (TPSA) is 41.1 Å². The van der Waals surface area contributed by atoms with E-state index in [2.05, 4.69) is 33.2 Å². The Balaban J connectivity index is 2.13. The van der Waals surface area contributed by atoms with E-state index in [0.717, 1.165) is 28.8 Å². The molecule has 1 saturated heterocycles. The molecule has 1 aliphatic rings. The van der Waals surface area contributed by atoms with Crippen molar-refractivity contribution in [3.8, 4) is 0 Å². The van der Waals surface area contributed by atoms with Crippen LogP contribution in [0.25, 0.3) is 0 Å². The Bertz CT molecular complexity index is 444. The van der Waals surface area contributed by atoms with Crippen molar-refractivity contribution in [3.05, 3.63) is 26.8 Å². The third-order valence-electron chi connectivity index (χ3n) is 3.10. The van der Waals surface area contributed by atoms with Gasteiger partial charge in [0.2, 0.25) is 5.91 Å². The summed E-state index contributed by atoms with van der Waals surface area (Å²) in [6.07, 6.45) is 0.878. The van der Waals surface area contributed by atoms with Crippen LogP contribution in [0.15, 0.2) is 18.2 Å². The zero-order valence-electron chi connectivity index (χ0n) is 9.52. The second-order valence-electron chi connectivity index (χ2n) is 4.57. The van der Waals surface area contributed by atoms with Gasteiger partial charge in [0, 0.05) is 15.1 Å². The highest BCUT2D eigenvalue weighted by Gasteiger charge is 2.36. The fourth-order valence-corrected chi connectivity index (χ4v) is 2.88. The summed E-state index contributed by atoms with van der Waals surface area (Å²) in [5, 5.41) is 6.88. The van der Waals surface area contributed by atoms with E-state index < -0.39 is 0 Å². The fraction of sp³-hybridized carbons (Fsp3) is 0.417. The number of carbonyl (C=O) groups is 1. The highest BCUT2D eigenvalue weighted by atomic mass is 127. The number of amides is 1. The van der Waals surface area contributed by atoms with Crippen molar-refractivity contribution in [3.63, 3.8) is 0 Å². The molecule has 0 saturated carbocycles. The van der Waals surface area contributed by atoms with E-state index in [1.54, 1.807) is 6.07 Å². The third-order valence-corrected chi connectivity index (χ3v) is 4.22. The lowest BCUT2D eigenvalue weighted by Gasteiger charge is -2.21. The molecule has 0 radical (unpaired) electrons. The fourth-order valence-electron chi connectivity index (χ4n) is 1.87. The number of anilines is 1. The van der Waals surface area contributed by atoms with E-state index in [1.165, 1.54) is 0 Å². The maximum Gasteiger partial charge on any atom is 0.231 e. The summed E-state index contributed by atoms with van der Waals surface area (Å²) >= 11 is 8.05. The van der Waals surface area contributed by atoms with E-state index in [0.29, 0.717) is 5.02 Å².